The second kappa shape index (κ2) is 5.34. The van der Waals surface area contributed by atoms with Crippen LogP contribution in [0.2, 0.25) is 0 Å². The lowest BCUT2D eigenvalue weighted by Gasteiger charge is -2.08. The third-order valence-electron chi connectivity index (χ3n) is 1.31. The number of hydrogen-bond donors (Lipinski definition) is 1. The lowest BCUT2D eigenvalue weighted by atomic mass is 10.2. The number of carboxylic acid groups (broad SMARTS) is 1. The van der Waals surface area contributed by atoms with Crippen molar-refractivity contribution in [2.45, 2.75) is 32.3 Å². The van der Waals surface area contributed by atoms with Crippen molar-refractivity contribution in [1.82, 2.24) is 0 Å². The van der Waals surface area contributed by atoms with Gasteiger partial charge in [0.1, 0.15) is 0 Å². The maximum absolute atomic E-state index is 10.3. The number of hydrogen-bond acceptors (Lipinski definition) is 4. The van der Waals surface area contributed by atoms with E-state index < -0.39 is 17.2 Å². The molecule has 0 bridgehead atoms. The highest BCUT2D eigenvalue weighted by molar-refractivity contribution is 5.72. The summed E-state index contributed by atoms with van der Waals surface area (Å²) in [5, 5.41) is 17.1. The average Bonchev–Trinajstić information content (AvgIpc) is 1.96. The summed E-state index contributed by atoms with van der Waals surface area (Å²) < 4.78 is 0. The second-order valence-electron chi connectivity index (χ2n) is 2.30. The largest absolute Gasteiger partial charge is 0.480 e. The van der Waals surface area contributed by atoms with Crippen LogP contribution in [0, 0.1) is 10.1 Å². The van der Waals surface area contributed by atoms with Crippen LogP contribution in [0.4, 0.5) is 0 Å². The van der Waals surface area contributed by atoms with Gasteiger partial charge >= 0.3 is 5.97 Å². The van der Waals surface area contributed by atoms with Gasteiger partial charge in [-0.15, -0.1) is 10.1 Å². The molecule has 0 saturated carbocycles. The Labute approximate surface area is 69.2 Å². The molecule has 6 heteroatoms. The molecule has 0 amide bonds. The van der Waals surface area contributed by atoms with Crippen molar-refractivity contribution < 1.29 is 19.8 Å². The van der Waals surface area contributed by atoms with E-state index in [2.05, 4.69) is 4.84 Å². The van der Waals surface area contributed by atoms with Crippen molar-refractivity contribution in [2.24, 2.45) is 0 Å². The van der Waals surface area contributed by atoms with Crippen molar-refractivity contribution in [3.63, 3.8) is 0 Å². The van der Waals surface area contributed by atoms with Gasteiger partial charge in [0.15, 0.2) is 0 Å². The summed E-state index contributed by atoms with van der Waals surface area (Å²) in [4.78, 5) is 24.0. The van der Waals surface area contributed by atoms with Crippen LogP contribution in [-0.2, 0) is 9.63 Å². The first-order valence-corrected chi connectivity index (χ1v) is 3.62. The molecule has 1 N–H and O–H groups in total. The minimum atomic E-state index is -1.32. The molecule has 0 rings (SSSR count). The lowest BCUT2D eigenvalue weighted by Crippen LogP contribution is -2.26. The van der Waals surface area contributed by atoms with Crippen molar-refractivity contribution in [1.29, 1.82) is 0 Å². The molecule has 70 valence electrons. The Hall–Kier alpha value is -1.33. The summed E-state index contributed by atoms with van der Waals surface area (Å²) in [6.45, 7) is 1.87. The Balaban J connectivity index is 3.87. The number of carboxylic acids is 1. The molecule has 0 aromatic heterocycles. The molecule has 0 aliphatic heterocycles. The minimum Gasteiger partial charge on any atom is -0.480 e. The number of unbranched alkanes of at least 4 members (excludes halogenated alkanes) is 1. The van der Waals surface area contributed by atoms with Crippen molar-refractivity contribution in [3.8, 4) is 0 Å². The predicted octanol–water partition coefficient (Wildman–Crippen LogP) is 0.838. The summed E-state index contributed by atoms with van der Waals surface area (Å²) in [5.41, 5.74) is 0. The van der Waals surface area contributed by atoms with Crippen molar-refractivity contribution >= 4 is 5.97 Å². The van der Waals surface area contributed by atoms with Crippen molar-refractivity contribution in [3.05, 3.63) is 10.1 Å². The fourth-order valence-corrected chi connectivity index (χ4v) is 0.715. The molecule has 0 heterocycles. The predicted molar refractivity (Wildman–Crippen MR) is 39.0 cm³/mol. The van der Waals surface area contributed by atoms with Gasteiger partial charge in [-0.1, -0.05) is 19.8 Å². The zero-order valence-corrected chi connectivity index (χ0v) is 6.73. The normalized spacial score (nSPS) is 12.1. The third kappa shape index (κ3) is 4.48. The maximum atomic E-state index is 10.3. The molecule has 6 nitrogen and oxygen atoms in total. The lowest BCUT2D eigenvalue weighted by molar-refractivity contribution is -0.765. The number of rotatable bonds is 6. The summed E-state index contributed by atoms with van der Waals surface area (Å²) >= 11 is 0. The molecular formula is C6H11NO5. The average molecular weight is 177 g/mol. The smallest absolute Gasteiger partial charge is 0.332 e. The van der Waals surface area contributed by atoms with Gasteiger partial charge in [0.25, 0.3) is 5.09 Å². The zero-order chi connectivity index (χ0) is 9.56. The van der Waals surface area contributed by atoms with Gasteiger partial charge < -0.3 is 5.11 Å². The van der Waals surface area contributed by atoms with E-state index in [0.29, 0.717) is 6.42 Å². The first-order chi connectivity index (χ1) is 5.57. The molecule has 1 unspecified atom stereocenters. The van der Waals surface area contributed by atoms with Gasteiger partial charge in [-0.05, 0) is 6.42 Å². The Morgan fingerprint density at radius 2 is 2.33 bits per heavy atom. The molecule has 0 aliphatic carbocycles. The molecule has 0 aromatic carbocycles. The van der Waals surface area contributed by atoms with E-state index >= 15 is 0 Å². The fraction of sp³-hybridized carbons (Fsp3) is 0.833. The highest BCUT2D eigenvalue weighted by atomic mass is 17.0. The third-order valence-corrected chi connectivity index (χ3v) is 1.31. The van der Waals surface area contributed by atoms with Gasteiger partial charge in [-0.2, -0.15) is 0 Å². The van der Waals surface area contributed by atoms with Crippen LogP contribution in [0.3, 0.4) is 0 Å². The summed E-state index contributed by atoms with van der Waals surface area (Å²) in [5.74, 6) is -1.29. The van der Waals surface area contributed by atoms with Crippen LogP contribution < -0.4 is 0 Å². The Kier molecular flexibility index (Phi) is 4.75. The molecule has 0 saturated heterocycles. The van der Waals surface area contributed by atoms with Crippen LogP contribution >= 0.6 is 0 Å². The van der Waals surface area contributed by atoms with E-state index in [1.54, 1.807) is 0 Å². The maximum Gasteiger partial charge on any atom is 0.332 e. The molecule has 1 atom stereocenters. The Morgan fingerprint density at radius 1 is 1.75 bits per heavy atom. The summed E-state index contributed by atoms with van der Waals surface area (Å²) in [7, 11) is 0. The van der Waals surface area contributed by atoms with Crippen LogP contribution in [0.25, 0.3) is 0 Å². The fourth-order valence-electron chi connectivity index (χ4n) is 0.715. The first-order valence-electron chi connectivity index (χ1n) is 3.62. The van der Waals surface area contributed by atoms with E-state index in [-0.39, 0.29) is 6.42 Å². The molecular weight excluding hydrogens is 166 g/mol. The van der Waals surface area contributed by atoms with E-state index in [9.17, 15) is 14.9 Å². The number of nitrogens with zero attached hydrogens (tertiary/aromatic N) is 1. The standard InChI is InChI=1S/C6H11NO5/c1-2-3-4-5(6(8)9)12-7(10)11/h5H,2-4H2,1H3,(H,8,9). The monoisotopic (exact) mass is 177 g/mol. The number of carbonyl (C=O) groups is 1. The highest BCUT2D eigenvalue weighted by Crippen LogP contribution is 2.04. The van der Waals surface area contributed by atoms with Crippen molar-refractivity contribution in [2.75, 3.05) is 0 Å². The Morgan fingerprint density at radius 3 is 2.67 bits per heavy atom. The minimum absolute atomic E-state index is 0.173. The topological polar surface area (TPSA) is 89.7 Å². The molecule has 12 heavy (non-hydrogen) atoms. The highest BCUT2D eigenvalue weighted by Gasteiger charge is 2.20. The molecule has 0 aromatic rings. The zero-order valence-electron chi connectivity index (χ0n) is 6.73. The molecule has 0 aliphatic rings. The SMILES string of the molecule is CCCCC(O[N+](=O)[O-])C(=O)O. The van der Waals surface area contributed by atoms with Gasteiger partial charge in [0.05, 0.1) is 0 Å². The van der Waals surface area contributed by atoms with Gasteiger partial charge in [0.2, 0.25) is 6.10 Å². The van der Waals surface area contributed by atoms with E-state index in [1.165, 1.54) is 0 Å². The molecule has 0 spiro atoms. The molecule has 0 radical (unpaired) electrons. The van der Waals surface area contributed by atoms with E-state index in [1.807, 2.05) is 6.92 Å². The van der Waals surface area contributed by atoms with Gasteiger partial charge in [0, 0.05) is 0 Å². The van der Waals surface area contributed by atoms with Crippen LogP contribution in [0.15, 0.2) is 0 Å². The Bertz CT molecular complexity index is 169. The van der Waals surface area contributed by atoms with E-state index in [4.69, 9.17) is 5.11 Å². The van der Waals surface area contributed by atoms with Crippen LogP contribution in [-0.4, -0.2) is 22.3 Å². The van der Waals surface area contributed by atoms with Crippen LogP contribution in [0.1, 0.15) is 26.2 Å². The van der Waals surface area contributed by atoms with E-state index in [0.717, 1.165) is 6.42 Å². The number of aliphatic carboxylic acids is 1. The summed E-state index contributed by atoms with van der Waals surface area (Å²) in [6, 6.07) is 0. The quantitative estimate of drug-likeness (QED) is 0.479. The van der Waals surface area contributed by atoms with Gasteiger partial charge in [-0.3, -0.25) is 4.84 Å². The van der Waals surface area contributed by atoms with Gasteiger partial charge in [-0.25, -0.2) is 4.79 Å². The molecule has 0 fully saturated rings. The summed E-state index contributed by atoms with van der Waals surface area (Å²) in [6.07, 6.45) is 0.239. The van der Waals surface area contributed by atoms with Crippen LogP contribution in [0.5, 0.6) is 0 Å². The first kappa shape index (κ1) is 10.7. The second-order valence-corrected chi connectivity index (χ2v) is 2.30.